The zero-order valence-electron chi connectivity index (χ0n) is 10.7. The topological polar surface area (TPSA) is 77.1 Å². The van der Waals surface area contributed by atoms with E-state index in [1.807, 2.05) is 42.5 Å². The van der Waals surface area contributed by atoms with Gasteiger partial charge in [0.05, 0.1) is 0 Å². The monoisotopic (exact) mass is 270 g/mol. The SMILES string of the molecule is N/C(=N/O)c1cccc([C@H]2COc3ccccc3O2)c1. The van der Waals surface area contributed by atoms with Crippen molar-refractivity contribution >= 4 is 5.84 Å². The number of rotatable bonds is 2. The second-order valence-electron chi connectivity index (χ2n) is 4.47. The molecule has 5 nitrogen and oxygen atoms in total. The average Bonchev–Trinajstić information content (AvgIpc) is 2.53. The third kappa shape index (κ3) is 2.25. The van der Waals surface area contributed by atoms with Crippen molar-refractivity contribution in [3.8, 4) is 11.5 Å². The number of hydrogen-bond acceptors (Lipinski definition) is 4. The maximum atomic E-state index is 8.73. The number of nitrogens with zero attached hydrogens (tertiary/aromatic N) is 1. The number of benzene rings is 2. The van der Waals surface area contributed by atoms with Gasteiger partial charge in [0.1, 0.15) is 6.61 Å². The Morgan fingerprint density at radius 3 is 2.75 bits per heavy atom. The fourth-order valence-electron chi connectivity index (χ4n) is 2.14. The fourth-order valence-corrected chi connectivity index (χ4v) is 2.14. The van der Waals surface area contributed by atoms with Gasteiger partial charge in [-0.25, -0.2) is 0 Å². The molecule has 0 bridgehead atoms. The summed E-state index contributed by atoms with van der Waals surface area (Å²) in [6, 6.07) is 14.9. The summed E-state index contributed by atoms with van der Waals surface area (Å²) < 4.78 is 11.6. The molecule has 102 valence electrons. The smallest absolute Gasteiger partial charge is 0.170 e. The lowest BCUT2D eigenvalue weighted by Crippen LogP contribution is -2.22. The molecule has 3 rings (SSSR count). The highest BCUT2D eigenvalue weighted by Crippen LogP contribution is 2.35. The Balaban J connectivity index is 1.88. The van der Waals surface area contributed by atoms with Gasteiger partial charge in [0.15, 0.2) is 23.4 Å². The molecule has 2 aromatic carbocycles. The Hall–Kier alpha value is -2.69. The zero-order valence-corrected chi connectivity index (χ0v) is 10.7. The van der Waals surface area contributed by atoms with E-state index < -0.39 is 0 Å². The molecule has 0 unspecified atom stereocenters. The molecule has 0 aliphatic carbocycles. The molecule has 0 saturated heterocycles. The molecule has 1 aliphatic heterocycles. The Morgan fingerprint density at radius 1 is 1.15 bits per heavy atom. The van der Waals surface area contributed by atoms with E-state index in [9.17, 15) is 0 Å². The second kappa shape index (κ2) is 5.13. The number of amidine groups is 1. The molecule has 0 spiro atoms. The highest BCUT2D eigenvalue weighted by atomic mass is 16.6. The average molecular weight is 270 g/mol. The Labute approximate surface area is 116 Å². The number of oxime groups is 1. The minimum Gasteiger partial charge on any atom is -0.485 e. The largest absolute Gasteiger partial charge is 0.485 e. The Morgan fingerprint density at radius 2 is 1.95 bits per heavy atom. The summed E-state index contributed by atoms with van der Waals surface area (Å²) in [5.41, 5.74) is 7.16. The molecule has 20 heavy (non-hydrogen) atoms. The van der Waals surface area contributed by atoms with E-state index in [2.05, 4.69) is 5.16 Å². The van der Waals surface area contributed by atoms with Crippen LogP contribution in [0.2, 0.25) is 0 Å². The standard InChI is InChI=1S/C15H14N2O3/c16-15(17-18)11-5-3-4-10(8-11)14-9-19-12-6-1-2-7-13(12)20-14/h1-8,14,18H,9H2,(H2,16,17)/t14-/m1/s1. The molecule has 0 radical (unpaired) electrons. The molecule has 2 aromatic rings. The van der Waals surface area contributed by atoms with E-state index in [4.69, 9.17) is 20.4 Å². The molecule has 1 aliphatic rings. The first kappa shape index (κ1) is 12.3. The van der Waals surface area contributed by atoms with Gasteiger partial charge in [-0.1, -0.05) is 35.5 Å². The third-order valence-electron chi connectivity index (χ3n) is 3.17. The van der Waals surface area contributed by atoms with Crippen molar-refractivity contribution in [1.29, 1.82) is 0 Å². The van der Waals surface area contributed by atoms with Crippen LogP contribution >= 0.6 is 0 Å². The van der Waals surface area contributed by atoms with Crippen LogP contribution in [-0.2, 0) is 0 Å². The lowest BCUT2D eigenvalue weighted by atomic mass is 10.1. The Bertz CT molecular complexity index is 655. The molecule has 1 heterocycles. The summed E-state index contributed by atoms with van der Waals surface area (Å²) in [5.74, 6) is 1.54. The number of para-hydroxylation sites is 2. The predicted molar refractivity (Wildman–Crippen MR) is 74.3 cm³/mol. The van der Waals surface area contributed by atoms with Crippen molar-refractivity contribution in [2.75, 3.05) is 6.61 Å². The van der Waals surface area contributed by atoms with Gasteiger partial charge >= 0.3 is 0 Å². The van der Waals surface area contributed by atoms with Crippen LogP contribution in [0.5, 0.6) is 11.5 Å². The Kier molecular flexibility index (Phi) is 3.16. The van der Waals surface area contributed by atoms with Gasteiger partial charge in [-0.05, 0) is 23.8 Å². The van der Waals surface area contributed by atoms with Crippen LogP contribution in [0, 0.1) is 0 Å². The molecular formula is C15H14N2O3. The highest BCUT2D eigenvalue weighted by Gasteiger charge is 2.22. The summed E-state index contributed by atoms with van der Waals surface area (Å²) in [6.45, 7) is 0.427. The zero-order chi connectivity index (χ0) is 13.9. The lowest BCUT2D eigenvalue weighted by molar-refractivity contribution is 0.0913. The molecule has 1 atom stereocenters. The van der Waals surface area contributed by atoms with E-state index in [1.165, 1.54) is 0 Å². The molecule has 3 N–H and O–H groups in total. The maximum Gasteiger partial charge on any atom is 0.170 e. The van der Waals surface area contributed by atoms with Crippen LogP contribution in [0.4, 0.5) is 0 Å². The van der Waals surface area contributed by atoms with Crippen LogP contribution < -0.4 is 15.2 Å². The second-order valence-corrected chi connectivity index (χ2v) is 4.47. The maximum absolute atomic E-state index is 8.73. The molecule has 0 fully saturated rings. The van der Waals surface area contributed by atoms with Crippen LogP contribution in [0.15, 0.2) is 53.7 Å². The number of fused-ring (bicyclic) bond motifs is 1. The van der Waals surface area contributed by atoms with Gasteiger partial charge in [0.2, 0.25) is 0 Å². The third-order valence-corrected chi connectivity index (χ3v) is 3.17. The van der Waals surface area contributed by atoms with Crippen molar-refractivity contribution in [3.63, 3.8) is 0 Å². The van der Waals surface area contributed by atoms with E-state index in [0.717, 1.165) is 17.1 Å². The van der Waals surface area contributed by atoms with E-state index >= 15 is 0 Å². The van der Waals surface area contributed by atoms with E-state index in [1.54, 1.807) is 6.07 Å². The van der Waals surface area contributed by atoms with Gasteiger partial charge in [0.25, 0.3) is 0 Å². The minimum atomic E-state index is -0.212. The van der Waals surface area contributed by atoms with Gasteiger partial charge in [0, 0.05) is 5.56 Å². The molecule has 0 saturated carbocycles. The molecule has 0 aromatic heterocycles. The molecular weight excluding hydrogens is 256 g/mol. The van der Waals surface area contributed by atoms with Crippen LogP contribution in [-0.4, -0.2) is 17.6 Å². The van der Waals surface area contributed by atoms with Crippen molar-refractivity contribution in [2.24, 2.45) is 10.9 Å². The minimum absolute atomic E-state index is 0.0731. The summed E-state index contributed by atoms with van der Waals surface area (Å²) in [5, 5.41) is 11.7. The first-order valence-corrected chi connectivity index (χ1v) is 6.24. The van der Waals surface area contributed by atoms with Gasteiger partial charge in [-0.15, -0.1) is 0 Å². The highest BCUT2D eigenvalue weighted by molar-refractivity contribution is 5.97. The molecule has 5 heteroatoms. The van der Waals surface area contributed by atoms with Crippen molar-refractivity contribution < 1.29 is 14.7 Å². The van der Waals surface area contributed by atoms with Crippen molar-refractivity contribution in [3.05, 3.63) is 59.7 Å². The van der Waals surface area contributed by atoms with Gasteiger partial charge < -0.3 is 20.4 Å². The van der Waals surface area contributed by atoms with Gasteiger partial charge in [-0.2, -0.15) is 0 Å². The van der Waals surface area contributed by atoms with Gasteiger partial charge in [-0.3, -0.25) is 0 Å². The quantitative estimate of drug-likeness (QED) is 0.380. The van der Waals surface area contributed by atoms with Crippen molar-refractivity contribution in [2.45, 2.75) is 6.10 Å². The van der Waals surface area contributed by atoms with E-state index in [0.29, 0.717) is 12.2 Å². The van der Waals surface area contributed by atoms with Crippen LogP contribution in [0.3, 0.4) is 0 Å². The lowest BCUT2D eigenvalue weighted by Gasteiger charge is -2.26. The summed E-state index contributed by atoms with van der Waals surface area (Å²) in [4.78, 5) is 0. The fraction of sp³-hybridized carbons (Fsp3) is 0.133. The summed E-state index contributed by atoms with van der Waals surface area (Å²) >= 11 is 0. The predicted octanol–water partition coefficient (Wildman–Crippen LogP) is 2.29. The van der Waals surface area contributed by atoms with Crippen LogP contribution in [0.1, 0.15) is 17.2 Å². The molecule has 0 amide bonds. The summed E-state index contributed by atoms with van der Waals surface area (Å²) in [6.07, 6.45) is -0.212. The summed E-state index contributed by atoms with van der Waals surface area (Å²) in [7, 11) is 0. The first-order chi connectivity index (χ1) is 9.78. The van der Waals surface area contributed by atoms with Crippen LogP contribution in [0.25, 0.3) is 0 Å². The number of ether oxygens (including phenoxy) is 2. The normalized spacial score (nSPS) is 17.8. The van der Waals surface area contributed by atoms with E-state index in [-0.39, 0.29) is 11.9 Å². The number of hydrogen-bond donors (Lipinski definition) is 2. The van der Waals surface area contributed by atoms with Crippen molar-refractivity contribution in [1.82, 2.24) is 0 Å². The first-order valence-electron chi connectivity index (χ1n) is 6.24. The number of nitrogens with two attached hydrogens (primary N) is 1.